The molecule has 1 aliphatic heterocycles. The van der Waals surface area contributed by atoms with Crippen molar-refractivity contribution in [3.8, 4) is 11.3 Å². The summed E-state index contributed by atoms with van der Waals surface area (Å²) in [4.78, 5) is 24.2. The Bertz CT molecular complexity index is 1390. The molecule has 3 heterocycles. The smallest absolute Gasteiger partial charge is 0.349 e. The highest BCUT2D eigenvalue weighted by Crippen LogP contribution is 2.36. The fraction of sp³-hybridized carbons (Fsp3) is 0.304. The number of pyridine rings is 1. The molecule has 0 spiro atoms. The van der Waals surface area contributed by atoms with Gasteiger partial charge in [0.05, 0.1) is 22.8 Å². The van der Waals surface area contributed by atoms with E-state index >= 15 is 0 Å². The third-order valence-electron chi connectivity index (χ3n) is 5.98. The van der Waals surface area contributed by atoms with Crippen LogP contribution in [0.3, 0.4) is 0 Å². The number of sulfonamides is 1. The van der Waals surface area contributed by atoms with E-state index in [-0.39, 0.29) is 47.8 Å². The number of halogens is 5. The molecule has 1 amide bonds. The molecule has 0 unspecified atom stereocenters. The second-order valence-electron chi connectivity index (χ2n) is 8.31. The van der Waals surface area contributed by atoms with E-state index in [0.717, 1.165) is 47.2 Å². The van der Waals surface area contributed by atoms with Crippen molar-refractivity contribution in [2.24, 2.45) is 0 Å². The Kier molecular flexibility index (Phi) is 7.24. The molecule has 3 aromatic rings. The Morgan fingerprint density at radius 1 is 1.08 bits per heavy atom. The van der Waals surface area contributed by atoms with E-state index in [0.29, 0.717) is 0 Å². The Labute approximate surface area is 208 Å². The third-order valence-corrected chi connectivity index (χ3v) is 7.96. The molecule has 1 aromatic carbocycles. The minimum Gasteiger partial charge on any atom is -0.349 e. The van der Waals surface area contributed by atoms with Crippen LogP contribution in [0, 0.1) is 5.82 Å². The first-order valence-electron chi connectivity index (χ1n) is 10.9. The van der Waals surface area contributed by atoms with E-state index in [1.165, 1.54) is 12.1 Å². The van der Waals surface area contributed by atoms with E-state index in [2.05, 4.69) is 20.3 Å². The first-order chi connectivity index (χ1) is 17.5. The molecular formula is C23H20F5N5O3S. The second kappa shape index (κ2) is 10.1. The van der Waals surface area contributed by atoms with E-state index in [1.54, 1.807) is 0 Å². The number of hydrogen-bond acceptors (Lipinski definition) is 6. The minimum absolute atomic E-state index is 0.0675. The van der Waals surface area contributed by atoms with Gasteiger partial charge in [0, 0.05) is 18.3 Å². The predicted octanol–water partition coefficient (Wildman–Crippen LogP) is 3.51. The second-order valence-corrected chi connectivity index (χ2v) is 10.2. The number of carbonyl (C=O) groups excluding carboxylic acids is 1. The van der Waals surface area contributed by atoms with Crippen molar-refractivity contribution in [3.05, 3.63) is 72.2 Å². The number of nitrogens with one attached hydrogen (secondary N) is 1. The maximum Gasteiger partial charge on any atom is 0.433 e. The maximum absolute atomic E-state index is 14.4. The first kappa shape index (κ1) is 26.5. The van der Waals surface area contributed by atoms with Gasteiger partial charge < -0.3 is 5.32 Å². The molecule has 8 nitrogen and oxygen atoms in total. The quantitative estimate of drug-likeness (QED) is 0.459. The zero-order valence-electron chi connectivity index (χ0n) is 19.0. The van der Waals surface area contributed by atoms with Crippen LogP contribution in [0.1, 0.15) is 24.2 Å². The molecule has 0 radical (unpaired) electrons. The fourth-order valence-corrected chi connectivity index (χ4v) is 5.85. The lowest BCUT2D eigenvalue weighted by Crippen LogP contribution is -2.58. The molecule has 1 N–H and O–H groups in total. The molecule has 1 fully saturated rings. The van der Waals surface area contributed by atoms with Gasteiger partial charge in [0.25, 0.3) is 0 Å². The Morgan fingerprint density at radius 2 is 1.81 bits per heavy atom. The molecule has 0 bridgehead atoms. The number of benzene rings is 1. The summed E-state index contributed by atoms with van der Waals surface area (Å²) in [5.41, 5.74) is -2.30. The number of hydrogen-bond donors (Lipinski definition) is 1. The normalized spacial score (nSPS) is 18.6. The lowest BCUT2D eigenvalue weighted by atomic mass is 9.98. The molecule has 2 aromatic heterocycles. The molecule has 1 atom stereocenters. The van der Waals surface area contributed by atoms with E-state index in [9.17, 15) is 35.2 Å². The van der Waals surface area contributed by atoms with Gasteiger partial charge in [0.1, 0.15) is 30.1 Å². The van der Waals surface area contributed by atoms with Crippen LogP contribution >= 0.6 is 0 Å². The van der Waals surface area contributed by atoms with Crippen LogP contribution in [0.5, 0.6) is 0 Å². The third kappa shape index (κ3) is 5.30. The lowest BCUT2D eigenvalue weighted by Gasteiger charge is -2.33. The van der Waals surface area contributed by atoms with Crippen molar-refractivity contribution < 1.29 is 35.2 Å². The monoisotopic (exact) mass is 541 g/mol. The number of carbonyl (C=O) groups is 1. The van der Waals surface area contributed by atoms with Crippen LogP contribution in [0.15, 0.2) is 59.9 Å². The SMILES string of the molecule is O=C(NCc1cc(-c2ccc(C(F)(F)F)nc2)ncn1)[C@]1(CF)CCCN1S(=O)(=O)c1ccc(F)cc1. The number of alkyl halides is 4. The maximum atomic E-state index is 14.4. The largest absolute Gasteiger partial charge is 0.433 e. The summed E-state index contributed by atoms with van der Waals surface area (Å²) in [7, 11) is -4.31. The van der Waals surface area contributed by atoms with Crippen molar-refractivity contribution in [3.63, 3.8) is 0 Å². The van der Waals surface area contributed by atoms with Gasteiger partial charge in [-0.3, -0.25) is 9.78 Å². The first-order valence-corrected chi connectivity index (χ1v) is 12.4. The zero-order chi connectivity index (χ0) is 26.8. The molecule has 0 aliphatic carbocycles. The molecule has 37 heavy (non-hydrogen) atoms. The summed E-state index contributed by atoms with van der Waals surface area (Å²) in [6, 6.07) is 7.41. The highest BCUT2D eigenvalue weighted by molar-refractivity contribution is 7.89. The average molecular weight is 542 g/mol. The highest BCUT2D eigenvalue weighted by Gasteiger charge is 2.53. The van der Waals surface area contributed by atoms with Gasteiger partial charge in [-0.2, -0.15) is 17.5 Å². The summed E-state index contributed by atoms with van der Waals surface area (Å²) >= 11 is 0. The van der Waals surface area contributed by atoms with Crippen LogP contribution in [0.25, 0.3) is 11.3 Å². The topological polar surface area (TPSA) is 105 Å². The Balaban J connectivity index is 1.52. The zero-order valence-corrected chi connectivity index (χ0v) is 19.9. The summed E-state index contributed by atoms with van der Waals surface area (Å²) in [5, 5.41) is 2.50. The van der Waals surface area contributed by atoms with Crippen molar-refractivity contribution in [2.45, 2.75) is 36.0 Å². The van der Waals surface area contributed by atoms with Crippen molar-refractivity contribution in [2.75, 3.05) is 13.2 Å². The van der Waals surface area contributed by atoms with Gasteiger partial charge >= 0.3 is 6.18 Å². The molecule has 196 valence electrons. The summed E-state index contributed by atoms with van der Waals surface area (Å²) in [6.45, 7) is -1.62. The lowest BCUT2D eigenvalue weighted by molar-refractivity contribution is -0.141. The van der Waals surface area contributed by atoms with Crippen LogP contribution in [-0.2, 0) is 27.5 Å². The molecule has 14 heteroatoms. The molecule has 0 saturated carbocycles. The number of aromatic nitrogens is 3. The Morgan fingerprint density at radius 3 is 2.43 bits per heavy atom. The molecular weight excluding hydrogens is 521 g/mol. The van der Waals surface area contributed by atoms with Gasteiger partial charge in [-0.1, -0.05) is 0 Å². The summed E-state index contributed by atoms with van der Waals surface area (Å²) in [6.07, 6.45) is -2.29. The molecule has 1 saturated heterocycles. The van der Waals surface area contributed by atoms with Crippen LogP contribution in [0.4, 0.5) is 22.0 Å². The van der Waals surface area contributed by atoms with E-state index < -0.39 is 45.8 Å². The fourth-order valence-electron chi connectivity index (χ4n) is 4.06. The molecule has 4 rings (SSSR count). The van der Waals surface area contributed by atoms with Crippen LogP contribution in [0.2, 0.25) is 0 Å². The number of amides is 1. The van der Waals surface area contributed by atoms with Crippen LogP contribution in [-0.4, -0.2) is 52.3 Å². The van der Waals surface area contributed by atoms with E-state index in [4.69, 9.17) is 0 Å². The average Bonchev–Trinajstić information content (AvgIpc) is 3.34. The van der Waals surface area contributed by atoms with Gasteiger partial charge in [-0.15, -0.1) is 0 Å². The van der Waals surface area contributed by atoms with Gasteiger partial charge in [-0.05, 0) is 55.3 Å². The van der Waals surface area contributed by atoms with Crippen molar-refractivity contribution >= 4 is 15.9 Å². The number of rotatable bonds is 7. The summed E-state index contributed by atoms with van der Waals surface area (Å²) in [5.74, 6) is -1.53. The molecule has 1 aliphatic rings. The van der Waals surface area contributed by atoms with Gasteiger partial charge in [-0.25, -0.2) is 27.2 Å². The highest BCUT2D eigenvalue weighted by atomic mass is 32.2. The summed E-state index contributed by atoms with van der Waals surface area (Å²) < 4.78 is 93.0. The minimum atomic E-state index is -4.59. The predicted molar refractivity (Wildman–Crippen MR) is 120 cm³/mol. The van der Waals surface area contributed by atoms with E-state index in [1.807, 2.05) is 0 Å². The van der Waals surface area contributed by atoms with Gasteiger partial charge in [0.2, 0.25) is 15.9 Å². The van der Waals surface area contributed by atoms with Crippen molar-refractivity contribution in [1.29, 1.82) is 0 Å². The van der Waals surface area contributed by atoms with Crippen LogP contribution < -0.4 is 5.32 Å². The Hall–Kier alpha value is -3.52. The number of nitrogens with zero attached hydrogens (tertiary/aromatic N) is 4. The van der Waals surface area contributed by atoms with Gasteiger partial charge in [0.15, 0.2) is 0 Å². The standard InChI is InChI=1S/C23H20F5N5O3S/c24-13-22(8-1-9-33(22)37(35,36)18-5-3-16(25)4-6-18)21(34)30-12-17-10-19(32-14-31-17)15-2-7-20(29-11-15)23(26,27)28/h2-7,10-11,14H,1,8-9,12-13H2,(H,30,34)/t22-/m1/s1. The van der Waals surface area contributed by atoms with Crippen molar-refractivity contribution in [1.82, 2.24) is 24.6 Å².